The number of anilines is 1. The van der Waals surface area contributed by atoms with Crippen molar-refractivity contribution in [2.75, 3.05) is 32.5 Å². The molecule has 0 fully saturated rings. The van der Waals surface area contributed by atoms with Crippen molar-refractivity contribution in [1.82, 2.24) is 0 Å². The van der Waals surface area contributed by atoms with Crippen LogP contribution in [-0.2, 0) is 30.0 Å². The largest absolute Gasteiger partial charge is 0.466 e. The van der Waals surface area contributed by atoms with Crippen molar-refractivity contribution < 1.29 is 54.9 Å². The summed E-state index contributed by atoms with van der Waals surface area (Å²) in [6.45, 7) is -0.816. The lowest BCUT2D eigenvalue weighted by Gasteiger charge is -2.31. The van der Waals surface area contributed by atoms with Gasteiger partial charge in [-0.2, -0.15) is 13.2 Å². The molecule has 35 heavy (non-hydrogen) atoms. The number of esters is 2. The molecule has 2 aromatic rings. The Morgan fingerprint density at radius 2 is 1.57 bits per heavy atom. The minimum atomic E-state index is -5.01. The molecule has 0 saturated carbocycles. The number of nitrogens with zero attached hydrogens (tertiary/aromatic N) is 1. The predicted octanol–water partition coefficient (Wildman–Crippen LogP) is 5.07. The first-order valence-electron chi connectivity index (χ1n) is 9.37. The molecule has 1 heterocycles. The van der Waals surface area contributed by atoms with Crippen molar-refractivity contribution in [3.8, 4) is 11.5 Å². The van der Waals surface area contributed by atoms with Crippen molar-refractivity contribution in [3.63, 3.8) is 0 Å². The number of ether oxygens (including phenoxy) is 4. The van der Waals surface area contributed by atoms with Crippen molar-refractivity contribution >= 4 is 33.6 Å². The van der Waals surface area contributed by atoms with E-state index in [1.54, 1.807) is 0 Å². The fourth-order valence-electron chi connectivity index (χ4n) is 3.07. The molecule has 0 unspecified atom stereocenters. The van der Waals surface area contributed by atoms with Gasteiger partial charge in [-0.1, -0.05) is 0 Å². The molecule has 7 nitrogen and oxygen atoms in total. The normalized spacial score (nSPS) is 14.1. The molecule has 1 aliphatic heterocycles. The van der Waals surface area contributed by atoms with E-state index in [9.17, 15) is 35.9 Å². The third-order valence-electron chi connectivity index (χ3n) is 4.66. The van der Waals surface area contributed by atoms with E-state index in [4.69, 9.17) is 9.47 Å². The van der Waals surface area contributed by atoms with Gasteiger partial charge in [-0.15, -0.1) is 0 Å². The van der Waals surface area contributed by atoms with Crippen LogP contribution >= 0.6 is 15.9 Å². The fraction of sp³-hybridized carbons (Fsp3) is 0.238. The van der Waals surface area contributed by atoms with E-state index in [1.807, 2.05) is 0 Å². The van der Waals surface area contributed by atoms with E-state index in [1.165, 1.54) is 0 Å². The molecule has 0 saturated heterocycles. The Kier molecular flexibility index (Phi) is 7.65. The van der Waals surface area contributed by atoms with E-state index in [2.05, 4.69) is 25.4 Å². The summed E-state index contributed by atoms with van der Waals surface area (Å²) in [5.74, 6) is -7.96. The number of methoxy groups -OCH3 is 2. The predicted molar refractivity (Wildman–Crippen MR) is 110 cm³/mol. The van der Waals surface area contributed by atoms with Crippen molar-refractivity contribution in [2.24, 2.45) is 0 Å². The number of carbonyl (C=O) groups excluding carboxylic acids is 2. The average molecular weight is 570 g/mol. The maximum atomic E-state index is 14.9. The first-order chi connectivity index (χ1) is 16.4. The topological polar surface area (TPSA) is 74.3 Å². The van der Waals surface area contributed by atoms with Crippen LogP contribution in [0.5, 0.6) is 11.5 Å². The Hall–Kier alpha value is -3.26. The van der Waals surface area contributed by atoms with Crippen LogP contribution in [0, 0.1) is 17.5 Å². The summed E-state index contributed by atoms with van der Waals surface area (Å²) in [5.41, 5.74) is -2.75. The third-order valence-corrected chi connectivity index (χ3v) is 5.28. The lowest BCUT2D eigenvalue weighted by molar-refractivity contribution is -0.140. The highest BCUT2D eigenvalue weighted by molar-refractivity contribution is 9.10. The first-order valence-corrected chi connectivity index (χ1v) is 10.2. The van der Waals surface area contributed by atoms with Crippen molar-refractivity contribution in [2.45, 2.75) is 6.18 Å². The SMILES string of the molecule is COC(=O)C1=C(C(=O)OC)N(c2cc(Oc3c(F)cc(C(F)(F)F)cc3F)c(Br)cc2F)COC1. The number of hydrogen-bond donors (Lipinski definition) is 0. The zero-order valence-electron chi connectivity index (χ0n) is 17.8. The Bertz CT molecular complexity index is 1190. The summed E-state index contributed by atoms with van der Waals surface area (Å²) in [5, 5.41) is 0. The second-order valence-electron chi connectivity index (χ2n) is 6.82. The molecule has 0 bridgehead atoms. The molecule has 0 amide bonds. The summed E-state index contributed by atoms with van der Waals surface area (Å²) >= 11 is 2.94. The van der Waals surface area contributed by atoms with E-state index in [0.717, 1.165) is 31.3 Å². The van der Waals surface area contributed by atoms with Crippen LogP contribution in [0.4, 0.5) is 32.0 Å². The molecule has 0 spiro atoms. The Morgan fingerprint density at radius 1 is 0.971 bits per heavy atom. The number of rotatable bonds is 5. The molecule has 0 aliphatic carbocycles. The minimum Gasteiger partial charge on any atom is -0.466 e. The van der Waals surface area contributed by atoms with E-state index in [-0.39, 0.29) is 28.8 Å². The van der Waals surface area contributed by atoms with E-state index < -0.39 is 70.7 Å². The summed E-state index contributed by atoms with van der Waals surface area (Å²) in [6.07, 6.45) is -5.01. The third kappa shape index (κ3) is 5.37. The quantitative estimate of drug-likeness (QED) is 0.367. The van der Waals surface area contributed by atoms with Crippen LogP contribution in [0.25, 0.3) is 0 Å². The highest BCUT2D eigenvalue weighted by Gasteiger charge is 2.35. The smallest absolute Gasteiger partial charge is 0.416 e. The van der Waals surface area contributed by atoms with Crippen LogP contribution in [0.2, 0.25) is 0 Å². The van der Waals surface area contributed by atoms with Gasteiger partial charge in [-0.3, -0.25) is 0 Å². The number of halogens is 7. The Balaban J connectivity index is 2.10. The molecule has 3 rings (SSSR count). The summed E-state index contributed by atoms with van der Waals surface area (Å²) in [4.78, 5) is 25.4. The van der Waals surface area contributed by atoms with Gasteiger partial charge in [0, 0.05) is 6.07 Å². The van der Waals surface area contributed by atoms with Crippen LogP contribution < -0.4 is 9.64 Å². The van der Waals surface area contributed by atoms with Crippen LogP contribution in [-0.4, -0.2) is 39.5 Å². The lowest BCUT2D eigenvalue weighted by Crippen LogP contribution is -2.39. The van der Waals surface area contributed by atoms with Gasteiger partial charge in [0.25, 0.3) is 0 Å². The first kappa shape index (κ1) is 26.3. The van der Waals surface area contributed by atoms with Gasteiger partial charge >= 0.3 is 18.1 Å². The van der Waals surface area contributed by atoms with E-state index >= 15 is 0 Å². The second kappa shape index (κ2) is 10.2. The maximum absolute atomic E-state index is 14.9. The van der Waals surface area contributed by atoms with Crippen LogP contribution in [0.15, 0.2) is 40.0 Å². The molecular formula is C21H14BrF6NO6. The minimum absolute atomic E-state index is 0.0377. The van der Waals surface area contributed by atoms with Gasteiger partial charge in [0.1, 0.15) is 24.0 Å². The molecule has 14 heteroatoms. The molecule has 2 aromatic carbocycles. The maximum Gasteiger partial charge on any atom is 0.416 e. The van der Waals surface area contributed by atoms with Crippen molar-refractivity contribution in [1.29, 1.82) is 0 Å². The standard InChI is InChI=1S/C21H14BrF6NO6/c1-32-19(30)10-7-34-8-29(17(10)20(31)33-2)15-6-16(11(22)5-12(15)23)35-18-13(24)3-9(4-14(18)25)21(26,27)28/h3-6H,7-8H2,1-2H3. The lowest BCUT2D eigenvalue weighted by atomic mass is 10.1. The molecule has 0 aromatic heterocycles. The monoisotopic (exact) mass is 569 g/mol. The highest BCUT2D eigenvalue weighted by atomic mass is 79.9. The zero-order valence-corrected chi connectivity index (χ0v) is 19.4. The van der Waals surface area contributed by atoms with Crippen LogP contribution in [0.1, 0.15) is 5.56 Å². The molecular weight excluding hydrogens is 556 g/mol. The van der Waals surface area contributed by atoms with Crippen LogP contribution in [0.3, 0.4) is 0 Å². The molecule has 1 aliphatic rings. The molecule has 188 valence electrons. The Morgan fingerprint density at radius 3 is 2.11 bits per heavy atom. The number of benzene rings is 2. The average Bonchev–Trinajstić information content (AvgIpc) is 2.80. The van der Waals surface area contributed by atoms with Gasteiger partial charge < -0.3 is 23.8 Å². The van der Waals surface area contributed by atoms with Crippen molar-refractivity contribution in [3.05, 3.63) is 63.0 Å². The van der Waals surface area contributed by atoms with Gasteiger partial charge in [0.15, 0.2) is 17.4 Å². The van der Waals surface area contributed by atoms with Gasteiger partial charge in [0.05, 0.1) is 42.1 Å². The molecule has 0 radical (unpaired) electrons. The van der Waals surface area contributed by atoms with E-state index in [0.29, 0.717) is 0 Å². The highest BCUT2D eigenvalue weighted by Crippen LogP contribution is 2.40. The molecule has 0 atom stereocenters. The Labute approximate surface area is 201 Å². The van der Waals surface area contributed by atoms with Gasteiger partial charge in [0.2, 0.25) is 0 Å². The van der Waals surface area contributed by atoms with Gasteiger partial charge in [-0.25, -0.2) is 22.8 Å². The second-order valence-corrected chi connectivity index (χ2v) is 7.67. The fourth-order valence-corrected chi connectivity index (χ4v) is 3.46. The molecule has 0 N–H and O–H groups in total. The number of hydrogen-bond acceptors (Lipinski definition) is 7. The summed E-state index contributed by atoms with van der Waals surface area (Å²) in [6, 6.07) is 1.78. The summed E-state index contributed by atoms with van der Waals surface area (Å²) in [7, 11) is 2.06. The summed E-state index contributed by atoms with van der Waals surface area (Å²) < 4.78 is 101. The zero-order chi connectivity index (χ0) is 26.1. The number of alkyl halides is 3. The van der Waals surface area contributed by atoms with Gasteiger partial charge in [-0.05, 0) is 34.1 Å². The number of carbonyl (C=O) groups is 2.